The first-order valence-electron chi connectivity index (χ1n) is 9.08. The lowest BCUT2D eigenvalue weighted by Crippen LogP contribution is -2.46. The van der Waals surface area contributed by atoms with E-state index in [1.54, 1.807) is 24.3 Å². The number of amides is 4. The van der Waals surface area contributed by atoms with Gasteiger partial charge in [-0.3, -0.25) is 19.6 Å². The first-order valence-corrected chi connectivity index (χ1v) is 9.08. The number of hydrogen-bond donors (Lipinski definition) is 4. The summed E-state index contributed by atoms with van der Waals surface area (Å²) in [4.78, 5) is 42.2. The van der Waals surface area contributed by atoms with Crippen molar-refractivity contribution in [2.24, 2.45) is 5.73 Å². The molecule has 5 N–H and O–H groups in total. The molecule has 10 nitrogen and oxygen atoms in total. The van der Waals surface area contributed by atoms with Gasteiger partial charge < -0.3 is 16.4 Å². The Labute approximate surface area is 174 Å². The number of nitrogens with one attached hydrogen (secondary N) is 3. The van der Waals surface area contributed by atoms with Gasteiger partial charge in [-0.1, -0.05) is 13.8 Å². The molecule has 156 valence electrons. The predicted octanol–water partition coefficient (Wildman–Crippen LogP) is 1.40. The molecule has 2 aromatic rings. The Balaban J connectivity index is 0.00000300. The number of urea groups is 1. The highest BCUT2D eigenvalue weighted by molar-refractivity contribution is 6.10. The summed E-state index contributed by atoms with van der Waals surface area (Å²) < 4.78 is 0. The fraction of sp³-hybridized carbons (Fsp3) is 0.389. The Kier molecular flexibility index (Phi) is 6.93. The highest BCUT2D eigenvalue weighted by Gasteiger charge is 2.49. The second-order valence-corrected chi connectivity index (χ2v) is 6.55. The molecule has 0 aliphatic carbocycles. The van der Waals surface area contributed by atoms with Crippen LogP contribution in [0.4, 0.5) is 10.5 Å². The van der Waals surface area contributed by atoms with E-state index in [2.05, 4.69) is 25.8 Å². The van der Waals surface area contributed by atoms with Crippen LogP contribution in [0.25, 0.3) is 11.4 Å². The van der Waals surface area contributed by atoms with Crippen LogP contribution in [0.2, 0.25) is 0 Å². The van der Waals surface area contributed by atoms with E-state index in [-0.39, 0.29) is 31.4 Å². The molecular weight excluding hydrogens is 398 g/mol. The zero-order chi connectivity index (χ0) is 20.3. The van der Waals surface area contributed by atoms with E-state index in [1.807, 2.05) is 13.8 Å². The zero-order valence-electron chi connectivity index (χ0n) is 16.2. The van der Waals surface area contributed by atoms with Crippen molar-refractivity contribution in [3.8, 4) is 11.4 Å². The molecule has 1 aromatic heterocycles. The molecule has 29 heavy (non-hydrogen) atoms. The third kappa shape index (κ3) is 4.38. The number of nitrogens with zero attached hydrogens (tertiary/aromatic N) is 3. The van der Waals surface area contributed by atoms with Crippen LogP contribution >= 0.6 is 12.4 Å². The summed E-state index contributed by atoms with van der Waals surface area (Å²) in [6, 6.07) is 6.36. The molecule has 0 spiro atoms. The summed E-state index contributed by atoms with van der Waals surface area (Å²) in [6.45, 7) is 3.59. The molecule has 11 heteroatoms. The fourth-order valence-corrected chi connectivity index (χ4v) is 3.11. The lowest BCUT2D eigenvalue weighted by Gasteiger charge is -2.23. The monoisotopic (exact) mass is 421 g/mol. The molecule has 0 radical (unpaired) electrons. The number of aromatic nitrogens is 3. The highest BCUT2D eigenvalue weighted by atomic mass is 35.5. The normalized spacial score (nSPS) is 15.1. The van der Waals surface area contributed by atoms with Crippen LogP contribution < -0.4 is 16.4 Å². The molecule has 1 aliphatic rings. The summed E-state index contributed by atoms with van der Waals surface area (Å²) in [5.74, 6) is 0.264. The molecule has 1 aliphatic heterocycles. The molecule has 0 atom stereocenters. The molecule has 1 aromatic carbocycles. The van der Waals surface area contributed by atoms with Crippen molar-refractivity contribution >= 4 is 35.9 Å². The number of hydrogen-bond acceptors (Lipinski definition) is 6. The average molecular weight is 422 g/mol. The Morgan fingerprint density at radius 2 is 1.86 bits per heavy atom. The quantitative estimate of drug-likeness (QED) is 0.497. The molecule has 1 saturated heterocycles. The van der Waals surface area contributed by atoms with Crippen LogP contribution in [0, 0.1) is 0 Å². The van der Waals surface area contributed by atoms with Crippen molar-refractivity contribution in [1.82, 2.24) is 25.4 Å². The van der Waals surface area contributed by atoms with Crippen molar-refractivity contribution in [1.29, 1.82) is 0 Å². The third-order valence-electron chi connectivity index (χ3n) is 4.91. The van der Waals surface area contributed by atoms with Crippen LogP contribution in [-0.4, -0.2) is 50.0 Å². The number of benzene rings is 1. The van der Waals surface area contributed by atoms with Crippen molar-refractivity contribution in [2.75, 3.05) is 11.9 Å². The van der Waals surface area contributed by atoms with E-state index in [4.69, 9.17) is 5.73 Å². The molecule has 4 amide bonds. The number of carbonyl (C=O) groups is 3. The summed E-state index contributed by atoms with van der Waals surface area (Å²) >= 11 is 0. The van der Waals surface area contributed by atoms with E-state index >= 15 is 0 Å². The zero-order valence-corrected chi connectivity index (χ0v) is 17.0. The van der Waals surface area contributed by atoms with Gasteiger partial charge >= 0.3 is 6.03 Å². The number of rotatable bonds is 7. The minimum absolute atomic E-state index is 0. The lowest BCUT2D eigenvalue weighted by molar-refractivity contribution is -0.134. The second-order valence-electron chi connectivity index (χ2n) is 6.55. The van der Waals surface area contributed by atoms with Crippen LogP contribution in [0.1, 0.15) is 32.5 Å². The number of nitrogens with two attached hydrogens (primary N) is 1. The van der Waals surface area contributed by atoms with Gasteiger partial charge in [0, 0.05) is 11.3 Å². The smallest absolute Gasteiger partial charge is 0.325 e. The molecule has 1 fully saturated rings. The van der Waals surface area contributed by atoms with E-state index < -0.39 is 17.5 Å². The number of imide groups is 1. The van der Waals surface area contributed by atoms with Crippen molar-refractivity contribution in [3.63, 3.8) is 0 Å². The number of H-pyrrole nitrogens is 1. The maximum absolute atomic E-state index is 12.6. The van der Waals surface area contributed by atoms with E-state index in [1.165, 1.54) is 0 Å². The van der Waals surface area contributed by atoms with Gasteiger partial charge in [0.1, 0.15) is 17.9 Å². The van der Waals surface area contributed by atoms with Crippen LogP contribution in [0.3, 0.4) is 0 Å². The van der Waals surface area contributed by atoms with Gasteiger partial charge in [-0.15, -0.1) is 12.4 Å². The van der Waals surface area contributed by atoms with E-state index in [0.29, 0.717) is 30.2 Å². The van der Waals surface area contributed by atoms with Gasteiger partial charge in [-0.05, 0) is 37.1 Å². The summed E-state index contributed by atoms with van der Waals surface area (Å²) in [5.41, 5.74) is 5.88. The number of carbonyl (C=O) groups excluding carboxylic acids is 3. The van der Waals surface area contributed by atoms with Gasteiger partial charge in [0.25, 0.3) is 5.91 Å². The number of aromatic amines is 1. The lowest BCUT2D eigenvalue weighted by atomic mass is 9.93. The minimum atomic E-state index is -0.919. The topological polar surface area (TPSA) is 146 Å². The Morgan fingerprint density at radius 3 is 2.38 bits per heavy atom. The standard InChI is InChI=1S/C18H23N7O3.ClH/c1-3-18(4-2)16(27)25(17(28)22-18)10-14(26)20-12-7-5-11(6-8-12)15-21-13(9-19)23-24-15;/h5-8H,3-4,9-10,19H2,1-2H3,(H,20,26)(H,22,28)(H,21,23,24);1H. The van der Waals surface area contributed by atoms with Crippen molar-refractivity contribution in [3.05, 3.63) is 30.1 Å². The number of anilines is 1. The average Bonchev–Trinajstić information content (AvgIpc) is 3.27. The fourth-order valence-electron chi connectivity index (χ4n) is 3.11. The largest absolute Gasteiger partial charge is 0.325 e. The van der Waals surface area contributed by atoms with Gasteiger partial charge in [-0.25, -0.2) is 9.78 Å². The predicted molar refractivity (Wildman–Crippen MR) is 109 cm³/mol. The highest BCUT2D eigenvalue weighted by Crippen LogP contribution is 2.25. The van der Waals surface area contributed by atoms with Crippen LogP contribution in [0.15, 0.2) is 24.3 Å². The Morgan fingerprint density at radius 1 is 1.21 bits per heavy atom. The maximum atomic E-state index is 12.6. The molecule has 0 bridgehead atoms. The van der Waals surface area contributed by atoms with Crippen molar-refractivity contribution < 1.29 is 14.4 Å². The molecule has 0 saturated carbocycles. The first-order chi connectivity index (χ1) is 13.4. The SMILES string of the molecule is CCC1(CC)NC(=O)N(CC(=O)Nc2ccc(-c3n[nH]c(CN)n3)cc2)C1=O.Cl. The molecule has 3 rings (SSSR count). The summed E-state index contributed by atoms with van der Waals surface area (Å²) in [7, 11) is 0. The molecule has 2 heterocycles. The van der Waals surface area contributed by atoms with Crippen LogP contribution in [-0.2, 0) is 16.1 Å². The van der Waals surface area contributed by atoms with Crippen molar-refractivity contribution in [2.45, 2.75) is 38.8 Å². The summed E-state index contributed by atoms with van der Waals surface area (Å²) in [5, 5.41) is 12.2. The molecule has 0 unspecified atom stereocenters. The third-order valence-corrected chi connectivity index (χ3v) is 4.91. The minimum Gasteiger partial charge on any atom is -0.325 e. The van der Waals surface area contributed by atoms with Gasteiger partial charge in [0.15, 0.2) is 5.82 Å². The van der Waals surface area contributed by atoms with Gasteiger partial charge in [0.2, 0.25) is 5.91 Å². The Hall–Kier alpha value is -2.98. The van der Waals surface area contributed by atoms with Crippen LogP contribution in [0.5, 0.6) is 0 Å². The number of halogens is 1. The van der Waals surface area contributed by atoms with E-state index in [9.17, 15) is 14.4 Å². The molecular formula is C18H24ClN7O3. The second kappa shape index (κ2) is 9.01. The van der Waals surface area contributed by atoms with E-state index in [0.717, 1.165) is 10.5 Å². The first kappa shape index (κ1) is 22.3. The van der Waals surface area contributed by atoms with Gasteiger partial charge in [0.05, 0.1) is 6.54 Å². The van der Waals surface area contributed by atoms with Gasteiger partial charge in [-0.2, -0.15) is 5.10 Å². The maximum Gasteiger partial charge on any atom is 0.325 e. The summed E-state index contributed by atoms with van der Waals surface area (Å²) in [6.07, 6.45) is 0.946. The Bertz CT molecular complexity index is 893.